The summed E-state index contributed by atoms with van der Waals surface area (Å²) < 4.78 is 5.45. The van der Waals surface area contributed by atoms with Crippen LogP contribution in [-0.2, 0) is 4.79 Å². The van der Waals surface area contributed by atoms with Gasteiger partial charge in [0.2, 0.25) is 5.91 Å². The van der Waals surface area contributed by atoms with Gasteiger partial charge < -0.3 is 9.42 Å². The van der Waals surface area contributed by atoms with Gasteiger partial charge in [-0.2, -0.15) is 0 Å². The van der Waals surface area contributed by atoms with Crippen LogP contribution in [0.1, 0.15) is 75.0 Å². The van der Waals surface area contributed by atoms with Crippen molar-refractivity contribution in [3.8, 4) is 11.3 Å². The lowest BCUT2D eigenvalue weighted by molar-refractivity contribution is -0.136. The third-order valence-electron chi connectivity index (χ3n) is 6.07. The Morgan fingerprint density at radius 3 is 2.62 bits per heavy atom. The minimum Gasteiger partial charge on any atom is -0.356 e. The van der Waals surface area contributed by atoms with Gasteiger partial charge in [0.1, 0.15) is 5.82 Å². The molecule has 0 aromatic carbocycles. The molecule has 1 atom stereocenters. The van der Waals surface area contributed by atoms with Crippen LogP contribution in [0.4, 0.5) is 0 Å². The Hall–Kier alpha value is -2.50. The summed E-state index contributed by atoms with van der Waals surface area (Å²) in [6.07, 6.45) is 11.0. The van der Waals surface area contributed by atoms with Gasteiger partial charge in [-0.15, -0.1) is 0 Å². The van der Waals surface area contributed by atoms with E-state index in [9.17, 15) is 4.79 Å². The summed E-state index contributed by atoms with van der Waals surface area (Å²) in [6, 6.07) is 1.93. The van der Waals surface area contributed by atoms with Gasteiger partial charge in [-0.05, 0) is 44.9 Å². The normalized spacial score (nSPS) is 20.4. The molecule has 6 nitrogen and oxygen atoms in total. The zero-order valence-corrected chi connectivity index (χ0v) is 17.6. The molecule has 0 unspecified atom stereocenters. The predicted octanol–water partition coefficient (Wildman–Crippen LogP) is 4.63. The average molecular weight is 395 g/mol. The molecular weight excluding hydrogens is 364 g/mol. The van der Waals surface area contributed by atoms with Gasteiger partial charge in [0, 0.05) is 37.2 Å². The molecule has 2 aromatic heterocycles. The molecular formula is C23H30N4O2. The quantitative estimate of drug-likeness (QED) is 0.707. The number of allylic oxidation sites excluding steroid dienone is 2. The van der Waals surface area contributed by atoms with Crippen LogP contribution in [0.5, 0.6) is 0 Å². The van der Waals surface area contributed by atoms with E-state index in [1.165, 1.54) is 0 Å². The van der Waals surface area contributed by atoms with Gasteiger partial charge in [0.05, 0.1) is 17.0 Å². The Bertz CT molecular complexity index is 894. The lowest BCUT2D eigenvalue weighted by Gasteiger charge is -2.34. The average Bonchev–Trinajstić information content (AvgIpc) is 3.19. The number of likely N-dealkylation sites (tertiary alicyclic amines) is 1. The monoisotopic (exact) mass is 394 g/mol. The van der Waals surface area contributed by atoms with E-state index >= 15 is 0 Å². The lowest BCUT2D eigenvalue weighted by atomic mass is 9.90. The van der Waals surface area contributed by atoms with Gasteiger partial charge in [0.25, 0.3) is 0 Å². The molecule has 2 aromatic rings. The Morgan fingerprint density at radius 1 is 1.21 bits per heavy atom. The second-order valence-corrected chi connectivity index (χ2v) is 8.60. The first kappa shape index (κ1) is 19.8. The van der Waals surface area contributed by atoms with Crippen molar-refractivity contribution in [1.29, 1.82) is 0 Å². The van der Waals surface area contributed by atoms with Gasteiger partial charge >= 0.3 is 0 Å². The summed E-state index contributed by atoms with van der Waals surface area (Å²) in [4.78, 5) is 24.4. The van der Waals surface area contributed by atoms with E-state index in [0.717, 1.165) is 73.7 Å². The third-order valence-corrected chi connectivity index (χ3v) is 6.07. The van der Waals surface area contributed by atoms with Crippen LogP contribution >= 0.6 is 0 Å². The number of hydrogen-bond donors (Lipinski definition) is 0. The molecule has 3 heterocycles. The molecule has 1 aliphatic heterocycles. The predicted molar refractivity (Wildman–Crippen MR) is 111 cm³/mol. The van der Waals surface area contributed by atoms with E-state index in [0.29, 0.717) is 11.8 Å². The number of rotatable bonds is 4. The van der Waals surface area contributed by atoms with Crippen LogP contribution in [-0.4, -0.2) is 39.0 Å². The standard InChI is InChI=1S/C23H30N4O2/c1-15(2)21-19(20-13-16(3)26-29-20)14-24-22(25-21)17-9-11-27(12-10-17)23(28)18-7-5-4-6-8-18/h4-5,13-15,17-18H,6-12H2,1-3H3/t18-/m0/s1. The number of nitrogens with zero attached hydrogens (tertiary/aromatic N) is 4. The van der Waals surface area contributed by atoms with E-state index in [2.05, 4.69) is 41.0 Å². The number of piperidine rings is 1. The fourth-order valence-corrected chi connectivity index (χ4v) is 4.36. The summed E-state index contributed by atoms with van der Waals surface area (Å²) in [5.41, 5.74) is 2.77. The van der Waals surface area contributed by atoms with E-state index in [4.69, 9.17) is 9.51 Å². The van der Waals surface area contributed by atoms with Crippen LogP contribution < -0.4 is 0 Å². The number of hydrogen-bond acceptors (Lipinski definition) is 5. The van der Waals surface area contributed by atoms with Crippen molar-refractivity contribution in [1.82, 2.24) is 20.0 Å². The van der Waals surface area contributed by atoms with Gasteiger partial charge in [-0.1, -0.05) is 31.2 Å². The number of aryl methyl sites for hydroxylation is 1. The molecule has 29 heavy (non-hydrogen) atoms. The molecule has 1 saturated heterocycles. The zero-order valence-electron chi connectivity index (χ0n) is 17.6. The molecule has 0 spiro atoms. The zero-order chi connectivity index (χ0) is 20.4. The number of aromatic nitrogens is 3. The fourth-order valence-electron chi connectivity index (χ4n) is 4.36. The molecule has 0 N–H and O–H groups in total. The molecule has 154 valence electrons. The molecule has 0 bridgehead atoms. The smallest absolute Gasteiger partial charge is 0.226 e. The van der Waals surface area contributed by atoms with Gasteiger partial charge in [0.15, 0.2) is 5.76 Å². The van der Waals surface area contributed by atoms with Crippen molar-refractivity contribution in [3.05, 3.63) is 41.6 Å². The lowest BCUT2D eigenvalue weighted by Crippen LogP contribution is -2.41. The first-order chi connectivity index (χ1) is 14.0. The molecule has 0 saturated carbocycles. The number of carbonyl (C=O) groups is 1. The second-order valence-electron chi connectivity index (χ2n) is 8.60. The van der Waals surface area contributed by atoms with Crippen molar-refractivity contribution >= 4 is 5.91 Å². The van der Waals surface area contributed by atoms with E-state index in [-0.39, 0.29) is 11.8 Å². The highest BCUT2D eigenvalue weighted by Gasteiger charge is 2.30. The Balaban J connectivity index is 1.46. The molecule has 6 heteroatoms. The van der Waals surface area contributed by atoms with E-state index in [1.807, 2.05) is 19.2 Å². The summed E-state index contributed by atoms with van der Waals surface area (Å²) in [5.74, 6) is 2.67. The van der Waals surface area contributed by atoms with Crippen molar-refractivity contribution < 1.29 is 9.32 Å². The van der Waals surface area contributed by atoms with Crippen LogP contribution in [0, 0.1) is 12.8 Å². The van der Waals surface area contributed by atoms with E-state index < -0.39 is 0 Å². The van der Waals surface area contributed by atoms with Crippen LogP contribution in [0.25, 0.3) is 11.3 Å². The summed E-state index contributed by atoms with van der Waals surface area (Å²) in [5, 5.41) is 4.00. The minimum absolute atomic E-state index is 0.171. The second kappa shape index (κ2) is 8.47. The van der Waals surface area contributed by atoms with Crippen LogP contribution in [0.3, 0.4) is 0 Å². The molecule has 0 radical (unpaired) electrons. The van der Waals surface area contributed by atoms with E-state index in [1.54, 1.807) is 0 Å². The summed E-state index contributed by atoms with van der Waals surface area (Å²) in [7, 11) is 0. The maximum Gasteiger partial charge on any atom is 0.226 e. The maximum absolute atomic E-state index is 12.8. The van der Waals surface area contributed by atoms with Gasteiger partial charge in [-0.25, -0.2) is 9.97 Å². The number of amides is 1. The minimum atomic E-state index is 0.171. The highest BCUT2D eigenvalue weighted by Crippen LogP contribution is 2.32. The topological polar surface area (TPSA) is 72.1 Å². The van der Waals surface area contributed by atoms with Crippen molar-refractivity contribution in [2.24, 2.45) is 5.92 Å². The molecule has 1 amide bonds. The first-order valence-electron chi connectivity index (χ1n) is 10.8. The Morgan fingerprint density at radius 2 is 2.00 bits per heavy atom. The van der Waals surface area contributed by atoms with Crippen molar-refractivity contribution in [3.63, 3.8) is 0 Å². The summed E-state index contributed by atoms with van der Waals surface area (Å²) >= 11 is 0. The fraction of sp³-hybridized carbons (Fsp3) is 0.565. The molecule has 4 rings (SSSR count). The molecule has 2 aliphatic rings. The summed E-state index contributed by atoms with van der Waals surface area (Å²) in [6.45, 7) is 7.79. The largest absolute Gasteiger partial charge is 0.356 e. The SMILES string of the molecule is Cc1cc(-c2cnc(C3CCN(C(=O)[C@H]4CC=CCC4)CC3)nc2C(C)C)on1. The Kier molecular flexibility index (Phi) is 5.79. The van der Waals surface area contributed by atoms with Gasteiger partial charge in [-0.3, -0.25) is 4.79 Å². The third kappa shape index (κ3) is 4.26. The number of carbonyl (C=O) groups excluding carboxylic acids is 1. The molecule has 1 fully saturated rings. The first-order valence-corrected chi connectivity index (χ1v) is 10.8. The highest BCUT2D eigenvalue weighted by molar-refractivity contribution is 5.79. The van der Waals surface area contributed by atoms with Crippen molar-refractivity contribution in [2.75, 3.05) is 13.1 Å². The molecule has 1 aliphatic carbocycles. The highest BCUT2D eigenvalue weighted by atomic mass is 16.5. The van der Waals surface area contributed by atoms with Crippen LogP contribution in [0.15, 0.2) is 28.9 Å². The van der Waals surface area contributed by atoms with Crippen molar-refractivity contribution in [2.45, 2.75) is 64.7 Å². The van der Waals surface area contributed by atoms with Crippen LogP contribution in [0.2, 0.25) is 0 Å². The Labute approximate surface area is 172 Å². The maximum atomic E-state index is 12.8.